The number of benzene rings is 2. The number of para-hydroxylation sites is 1. The fourth-order valence-corrected chi connectivity index (χ4v) is 6.23. The molecule has 6 rings (SSSR count). The zero-order valence-corrected chi connectivity index (χ0v) is 20.7. The Balaban J connectivity index is 1.51. The molecule has 2 bridgehead atoms. The molecular formula is C26H19BrN2O4S. The maximum atomic E-state index is 13.6. The van der Waals surface area contributed by atoms with Crippen molar-refractivity contribution in [2.75, 3.05) is 0 Å². The van der Waals surface area contributed by atoms with Crippen molar-refractivity contribution in [3.05, 3.63) is 96.1 Å². The number of Topliss-reactive ketones (excluding diaryl/α,β-unsaturated/α-hetero) is 1. The van der Waals surface area contributed by atoms with E-state index >= 15 is 0 Å². The molecule has 2 aromatic heterocycles. The first-order valence-electron chi connectivity index (χ1n) is 10.8. The number of carbonyl (C=O) groups is 1. The van der Waals surface area contributed by atoms with Crippen molar-refractivity contribution < 1.29 is 13.9 Å². The molecule has 2 aliphatic rings. The van der Waals surface area contributed by atoms with E-state index in [1.807, 2.05) is 67.6 Å². The van der Waals surface area contributed by atoms with Crippen LogP contribution in [0.5, 0.6) is 5.75 Å². The molecule has 0 aliphatic carbocycles. The molecule has 34 heavy (non-hydrogen) atoms. The van der Waals surface area contributed by atoms with Gasteiger partial charge in [0, 0.05) is 21.7 Å². The van der Waals surface area contributed by atoms with E-state index in [2.05, 4.69) is 15.9 Å². The molecule has 0 amide bonds. The average molecular weight is 535 g/mol. The molecule has 6 nitrogen and oxygen atoms in total. The molecule has 4 heterocycles. The Hall–Kier alpha value is -3.23. The van der Waals surface area contributed by atoms with Crippen LogP contribution in [0.25, 0.3) is 17.4 Å². The van der Waals surface area contributed by atoms with Crippen molar-refractivity contribution in [2.24, 2.45) is 10.9 Å². The summed E-state index contributed by atoms with van der Waals surface area (Å²) in [4.78, 5) is 31.6. The summed E-state index contributed by atoms with van der Waals surface area (Å²) >= 11 is 4.72. The van der Waals surface area contributed by atoms with Crippen molar-refractivity contribution in [1.29, 1.82) is 0 Å². The predicted molar refractivity (Wildman–Crippen MR) is 133 cm³/mol. The van der Waals surface area contributed by atoms with E-state index < -0.39 is 17.7 Å². The largest absolute Gasteiger partial charge is 0.465 e. The van der Waals surface area contributed by atoms with E-state index in [9.17, 15) is 9.59 Å². The van der Waals surface area contributed by atoms with Gasteiger partial charge in [-0.1, -0.05) is 57.6 Å². The quantitative estimate of drug-likeness (QED) is 0.392. The van der Waals surface area contributed by atoms with Crippen molar-refractivity contribution in [3.63, 3.8) is 0 Å². The van der Waals surface area contributed by atoms with Gasteiger partial charge in [-0.2, -0.15) is 0 Å². The summed E-state index contributed by atoms with van der Waals surface area (Å²) in [6.07, 6.45) is 1.73. The third-order valence-corrected chi connectivity index (χ3v) is 7.86. The molecule has 4 aromatic rings. The van der Waals surface area contributed by atoms with E-state index in [1.165, 1.54) is 18.3 Å². The topological polar surface area (TPSA) is 73.8 Å². The summed E-state index contributed by atoms with van der Waals surface area (Å²) in [5, 5.41) is 0. The van der Waals surface area contributed by atoms with Crippen LogP contribution >= 0.6 is 27.3 Å². The maximum absolute atomic E-state index is 13.6. The molecule has 170 valence electrons. The molecule has 0 spiro atoms. The molecule has 0 saturated carbocycles. The normalized spacial score (nSPS) is 23.0. The zero-order chi connectivity index (χ0) is 23.6. The molecule has 0 saturated heterocycles. The first-order valence-corrected chi connectivity index (χ1v) is 12.4. The Kier molecular flexibility index (Phi) is 4.79. The maximum Gasteiger partial charge on any atom is 0.271 e. The summed E-state index contributed by atoms with van der Waals surface area (Å²) in [5.74, 6) is 1.28. The fraction of sp³-hybridized carbons (Fsp3) is 0.192. The predicted octanol–water partition coefficient (Wildman–Crippen LogP) is 4.30. The smallest absolute Gasteiger partial charge is 0.271 e. The second-order valence-electron chi connectivity index (χ2n) is 8.62. The van der Waals surface area contributed by atoms with Gasteiger partial charge in [0.25, 0.3) is 5.56 Å². The van der Waals surface area contributed by atoms with Crippen molar-refractivity contribution in [3.8, 4) is 17.1 Å². The molecule has 3 unspecified atom stereocenters. The average Bonchev–Trinajstić information content (AvgIpc) is 3.37. The van der Waals surface area contributed by atoms with Gasteiger partial charge >= 0.3 is 0 Å². The number of rotatable bonds is 3. The number of halogens is 1. The van der Waals surface area contributed by atoms with Gasteiger partial charge in [-0.3, -0.25) is 14.2 Å². The summed E-state index contributed by atoms with van der Waals surface area (Å²) in [5.41, 5.74) is 0.497. The number of furan rings is 1. The lowest BCUT2D eigenvalue weighted by atomic mass is 9.79. The monoisotopic (exact) mass is 534 g/mol. The summed E-state index contributed by atoms with van der Waals surface area (Å²) in [6.45, 7) is 3.35. The highest BCUT2D eigenvalue weighted by Crippen LogP contribution is 2.47. The van der Waals surface area contributed by atoms with Gasteiger partial charge in [-0.05, 0) is 44.2 Å². The third-order valence-electron chi connectivity index (χ3n) is 6.35. The van der Waals surface area contributed by atoms with Crippen LogP contribution in [0.2, 0.25) is 0 Å². The Morgan fingerprint density at radius 2 is 1.91 bits per heavy atom. The molecule has 2 aliphatic heterocycles. The number of nitrogens with zero attached hydrogens (tertiary/aromatic N) is 2. The van der Waals surface area contributed by atoms with Gasteiger partial charge in [-0.15, -0.1) is 0 Å². The first-order chi connectivity index (χ1) is 16.3. The van der Waals surface area contributed by atoms with Crippen LogP contribution in [0.3, 0.4) is 0 Å². The molecule has 8 heteroatoms. The van der Waals surface area contributed by atoms with Gasteiger partial charge in [-0.25, -0.2) is 4.99 Å². The highest BCUT2D eigenvalue weighted by Gasteiger charge is 2.53. The van der Waals surface area contributed by atoms with Crippen LogP contribution in [0.4, 0.5) is 0 Å². The highest BCUT2D eigenvalue weighted by atomic mass is 79.9. The van der Waals surface area contributed by atoms with Crippen LogP contribution in [0, 0.1) is 5.92 Å². The molecular weight excluding hydrogens is 516 g/mol. The van der Waals surface area contributed by atoms with Gasteiger partial charge in [0.05, 0.1) is 10.6 Å². The Morgan fingerprint density at radius 3 is 2.68 bits per heavy atom. The van der Waals surface area contributed by atoms with Crippen LogP contribution in [-0.4, -0.2) is 16.1 Å². The van der Waals surface area contributed by atoms with Gasteiger partial charge in [0.15, 0.2) is 4.80 Å². The van der Waals surface area contributed by atoms with Gasteiger partial charge in [0.2, 0.25) is 5.72 Å². The minimum Gasteiger partial charge on any atom is -0.465 e. The molecule has 0 N–H and O–H groups in total. The van der Waals surface area contributed by atoms with Gasteiger partial charge in [0.1, 0.15) is 29.0 Å². The minimum absolute atomic E-state index is 0.0646. The summed E-state index contributed by atoms with van der Waals surface area (Å²) < 4.78 is 15.3. The number of aromatic nitrogens is 1. The number of ether oxygens (including phenoxy) is 1. The van der Waals surface area contributed by atoms with Crippen molar-refractivity contribution in [1.82, 2.24) is 4.57 Å². The Morgan fingerprint density at radius 1 is 1.15 bits per heavy atom. The van der Waals surface area contributed by atoms with Crippen LogP contribution in [-0.2, 0) is 4.79 Å². The molecule has 2 aromatic carbocycles. The Labute approximate surface area is 207 Å². The number of hydrogen-bond acceptors (Lipinski definition) is 6. The lowest BCUT2D eigenvalue weighted by Crippen LogP contribution is -2.58. The van der Waals surface area contributed by atoms with E-state index in [-0.39, 0.29) is 11.3 Å². The van der Waals surface area contributed by atoms with Crippen LogP contribution in [0.1, 0.15) is 31.2 Å². The molecule has 0 fully saturated rings. The van der Waals surface area contributed by atoms with E-state index in [1.54, 1.807) is 10.6 Å². The molecule has 0 radical (unpaired) electrons. The van der Waals surface area contributed by atoms with Crippen LogP contribution in [0.15, 0.2) is 79.3 Å². The Bertz CT molecular complexity index is 1630. The van der Waals surface area contributed by atoms with Gasteiger partial charge < -0.3 is 9.15 Å². The second-order valence-corrected chi connectivity index (χ2v) is 10.5. The van der Waals surface area contributed by atoms with E-state index in [4.69, 9.17) is 14.1 Å². The first kappa shape index (κ1) is 21.3. The highest BCUT2D eigenvalue weighted by molar-refractivity contribution is 9.10. The summed E-state index contributed by atoms with van der Waals surface area (Å²) in [7, 11) is 0. The number of hydrogen-bond donors (Lipinski definition) is 0. The fourth-order valence-electron chi connectivity index (χ4n) is 4.89. The lowest BCUT2D eigenvalue weighted by molar-refractivity contribution is -0.132. The number of carbonyl (C=O) groups excluding carboxylic acids is 1. The van der Waals surface area contributed by atoms with E-state index in [0.29, 0.717) is 26.6 Å². The third kappa shape index (κ3) is 3.24. The number of fused-ring (bicyclic) bond motifs is 6. The minimum atomic E-state index is -1.07. The second kappa shape index (κ2) is 7.65. The van der Waals surface area contributed by atoms with Crippen LogP contribution < -0.4 is 19.6 Å². The SMILES string of the molecule is CC(=O)C1C2c3ccccc3OC1(C)N=c1s/c(=C/c3ccc(-c4ccc(Br)cc4)o3)c(=O)n12. The standard InChI is InChI=1S/C26H19BrN2O4S/c1-14(30)22-23-18-5-3-4-6-20(18)33-26(22,2)28-25-29(23)24(31)21(34-25)13-17-11-12-19(32-17)15-7-9-16(27)10-8-15/h3-13,22-23H,1-2H3/b21-13+. The molecule has 3 atom stereocenters. The lowest BCUT2D eigenvalue weighted by Gasteiger charge is -2.45. The van der Waals surface area contributed by atoms with Crippen molar-refractivity contribution >= 4 is 39.1 Å². The number of thiazole rings is 1. The van der Waals surface area contributed by atoms with E-state index in [0.717, 1.165) is 15.6 Å². The zero-order valence-electron chi connectivity index (χ0n) is 18.3. The summed E-state index contributed by atoms with van der Waals surface area (Å²) in [6, 6.07) is 18.6. The van der Waals surface area contributed by atoms with Crippen molar-refractivity contribution in [2.45, 2.75) is 25.6 Å². The number of ketones is 1.